The fourth-order valence-electron chi connectivity index (χ4n) is 2.65. The minimum Gasteiger partial charge on any atom is -0.384 e. The second-order valence-corrected chi connectivity index (χ2v) is 5.07. The third kappa shape index (κ3) is 2.33. The molecule has 0 aliphatic rings. The Balaban J connectivity index is 2.10. The normalized spacial score (nSPS) is 12.5. The number of aliphatic hydroxyl groups is 1. The maximum absolute atomic E-state index is 10.7. The molecule has 0 bridgehead atoms. The van der Waals surface area contributed by atoms with Crippen LogP contribution in [0.1, 0.15) is 29.7 Å². The lowest BCUT2D eigenvalue weighted by atomic mass is 9.95. The number of hydrogen-bond acceptors (Lipinski definition) is 1. The number of benzene rings is 3. The van der Waals surface area contributed by atoms with Crippen LogP contribution in [0.2, 0.25) is 0 Å². The van der Waals surface area contributed by atoms with Gasteiger partial charge in [-0.15, -0.1) is 0 Å². The van der Waals surface area contributed by atoms with Gasteiger partial charge < -0.3 is 5.11 Å². The zero-order valence-electron chi connectivity index (χ0n) is 11.6. The van der Waals surface area contributed by atoms with Crippen molar-refractivity contribution in [2.24, 2.45) is 0 Å². The summed E-state index contributed by atoms with van der Waals surface area (Å²) in [6, 6.07) is 22.5. The summed E-state index contributed by atoms with van der Waals surface area (Å²) in [7, 11) is 0. The second kappa shape index (κ2) is 5.48. The highest BCUT2D eigenvalue weighted by Gasteiger charge is 2.13. The summed E-state index contributed by atoms with van der Waals surface area (Å²) in [5, 5.41) is 13.0. The van der Waals surface area contributed by atoms with Gasteiger partial charge in [-0.05, 0) is 33.9 Å². The fourth-order valence-corrected chi connectivity index (χ4v) is 2.65. The average molecular weight is 262 g/mol. The van der Waals surface area contributed by atoms with Crippen LogP contribution < -0.4 is 0 Å². The van der Waals surface area contributed by atoms with Crippen LogP contribution >= 0.6 is 0 Å². The van der Waals surface area contributed by atoms with Crippen LogP contribution in [0.15, 0.2) is 66.7 Å². The van der Waals surface area contributed by atoms with Gasteiger partial charge in [-0.2, -0.15) is 0 Å². The van der Waals surface area contributed by atoms with Crippen LogP contribution in [-0.2, 0) is 6.42 Å². The predicted molar refractivity (Wildman–Crippen MR) is 83.8 cm³/mol. The van der Waals surface area contributed by atoms with Gasteiger partial charge in [-0.25, -0.2) is 0 Å². The van der Waals surface area contributed by atoms with Crippen molar-refractivity contribution in [3.63, 3.8) is 0 Å². The molecule has 0 spiro atoms. The van der Waals surface area contributed by atoms with E-state index in [4.69, 9.17) is 0 Å². The van der Waals surface area contributed by atoms with Crippen molar-refractivity contribution in [1.29, 1.82) is 0 Å². The third-order valence-electron chi connectivity index (χ3n) is 3.79. The first-order valence-corrected chi connectivity index (χ1v) is 7.04. The molecule has 0 aliphatic heterocycles. The van der Waals surface area contributed by atoms with Gasteiger partial charge in [0, 0.05) is 0 Å². The van der Waals surface area contributed by atoms with Gasteiger partial charge in [0.25, 0.3) is 0 Å². The van der Waals surface area contributed by atoms with Crippen molar-refractivity contribution in [3.8, 4) is 0 Å². The minimum absolute atomic E-state index is 0.576. The molecule has 3 rings (SSSR count). The molecule has 0 amide bonds. The van der Waals surface area contributed by atoms with E-state index < -0.39 is 6.10 Å². The Kier molecular flexibility index (Phi) is 3.53. The zero-order chi connectivity index (χ0) is 13.9. The molecule has 3 aromatic carbocycles. The van der Waals surface area contributed by atoms with E-state index in [2.05, 4.69) is 37.3 Å². The Morgan fingerprint density at radius 1 is 0.900 bits per heavy atom. The maximum atomic E-state index is 10.7. The highest BCUT2D eigenvalue weighted by atomic mass is 16.3. The van der Waals surface area contributed by atoms with Gasteiger partial charge in [-0.3, -0.25) is 0 Å². The average Bonchev–Trinajstić information content (AvgIpc) is 2.53. The van der Waals surface area contributed by atoms with Crippen molar-refractivity contribution >= 4 is 10.8 Å². The molecule has 0 heterocycles. The second-order valence-electron chi connectivity index (χ2n) is 5.07. The van der Waals surface area contributed by atoms with Gasteiger partial charge in [0.1, 0.15) is 6.10 Å². The largest absolute Gasteiger partial charge is 0.384 e. The molecule has 0 aromatic heterocycles. The van der Waals surface area contributed by atoms with Crippen LogP contribution in [0, 0.1) is 0 Å². The van der Waals surface area contributed by atoms with Crippen molar-refractivity contribution in [2.75, 3.05) is 0 Å². The number of fused-ring (bicyclic) bond motifs is 1. The van der Waals surface area contributed by atoms with Crippen LogP contribution in [-0.4, -0.2) is 5.11 Å². The van der Waals surface area contributed by atoms with Gasteiger partial charge in [0.2, 0.25) is 0 Å². The summed E-state index contributed by atoms with van der Waals surface area (Å²) < 4.78 is 0. The fraction of sp³-hybridized carbons (Fsp3) is 0.158. The Labute approximate surface area is 119 Å². The van der Waals surface area contributed by atoms with Gasteiger partial charge in [-0.1, -0.05) is 73.7 Å². The molecule has 20 heavy (non-hydrogen) atoms. The minimum atomic E-state index is -0.576. The molecule has 0 saturated carbocycles. The lowest BCUT2D eigenvalue weighted by Gasteiger charge is -2.15. The number of aryl methyl sites for hydroxylation is 1. The van der Waals surface area contributed by atoms with E-state index in [0.29, 0.717) is 0 Å². The summed E-state index contributed by atoms with van der Waals surface area (Å²) in [5.74, 6) is 0. The lowest BCUT2D eigenvalue weighted by molar-refractivity contribution is 0.222. The maximum Gasteiger partial charge on any atom is 0.105 e. The van der Waals surface area contributed by atoms with Crippen LogP contribution in [0.3, 0.4) is 0 Å². The standard InChI is InChI=1S/C19H18O/c1-2-14-7-5-10-16(13-14)19(20)18-12-6-9-15-8-3-4-11-17(15)18/h3-13,19-20H,2H2,1H3. The Morgan fingerprint density at radius 3 is 2.50 bits per heavy atom. The number of rotatable bonds is 3. The predicted octanol–water partition coefficient (Wildman–Crippen LogP) is 4.48. The van der Waals surface area contributed by atoms with Gasteiger partial charge >= 0.3 is 0 Å². The molecule has 3 aromatic rings. The number of aliphatic hydroxyl groups excluding tert-OH is 1. The van der Waals surface area contributed by atoms with Gasteiger partial charge in [0.05, 0.1) is 0 Å². The molecule has 100 valence electrons. The molecule has 0 radical (unpaired) electrons. The molecule has 0 aliphatic carbocycles. The Bertz CT molecular complexity index is 725. The van der Waals surface area contributed by atoms with Crippen LogP contribution in [0.25, 0.3) is 10.8 Å². The van der Waals surface area contributed by atoms with E-state index >= 15 is 0 Å². The summed E-state index contributed by atoms with van der Waals surface area (Å²) in [6.45, 7) is 2.13. The topological polar surface area (TPSA) is 20.2 Å². The van der Waals surface area contributed by atoms with Crippen LogP contribution in [0.5, 0.6) is 0 Å². The lowest BCUT2D eigenvalue weighted by Crippen LogP contribution is -2.01. The SMILES string of the molecule is CCc1cccc(C(O)c2cccc3ccccc23)c1. The molecule has 1 unspecified atom stereocenters. The molecule has 1 N–H and O–H groups in total. The van der Waals surface area contributed by atoms with Crippen molar-refractivity contribution in [3.05, 3.63) is 83.4 Å². The summed E-state index contributed by atoms with van der Waals surface area (Å²) in [5.41, 5.74) is 3.18. The number of hydrogen-bond donors (Lipinski definition) is 1. The molecule has 0 fully saturated rings. The molecule has 1 nitrogen and oxygen atoms in total. The highest BCUT2D eigenvalue weighted by molar-refractivity contribution is 5.86. The van der Waals surface area contributed by atoms with Crippen molar-refractivity contribution in [2.45, 2.75) is 19.4 Å². The van der Waals surface area contributed by atoms with E-state index in [-0.39, 0.29) is 0 Å². The molecule has 1 atom stereocenters. The molecular weight excluding hydrogens is 244 g/mol. The first-order chi connectivity index (χ1) is 9.79. The Morgan fingerprint density at radius 2 is 1.65 bits per heavy atom. The zero-order valence-corrected chi connectivity index (χ0v) is 11.6. The smallest absolute Gasteiger partial charge is 0.105 e. The first kappa shape index (κ1) is 12.9. The molecule has 1 heteroatoms. The highest BCUT2D eigenvalue weighted by Crippen LogP contribution is 2.29. The van der Waals surface area contributed by atoms with Crippen molar-refractivity contribution < 1.29 is 5.11 Å². The molecular formula is C19H18O. The van der Waals surface area contributed by atoms with E-state index in [1.54, 1.807) is 0 Å². The first-order valence-electron chi connectivity index (χ1n) is 7.04. The van der Waals surface area contributed by atoms with E-state index in [1.165, 1.54) is 5.56 Å². The summed E-state index contributed by atoms with van der Waals surface area (Å²) in [4.78, 5) is 0. The summed E-state index contributed by atoms with van der Waals surface area (Å²) in [6.07, 6.45) is 0.406. The third-order valence-corrected chi connectivity index (χ3v) is 3.79. The van der Waals surface area contributed by atoms with Crippen LogP contribution in [0.4, 0.5) is 0 Å². The quantitative estimate of drug-likeness (QED) is 0.737. The van der Waals surface area contributed by atoms with E-state index in [9.17, 15) is 5.11 Å². The van der Waals surface area contributed by atoms with Crippen molar-refractivity contribution in [1.82, 2.24) is 0 Å². The monoisotopic (exact) mass is 262 g/mol. The van der Waals surface area contributed by atoms with E-state index in [1.807, 2.05) is 36.4 Å². The van der Waals surface area contributed by atoms with E-state index in [0.717, 1.165) is 28.3 Å². The summed E-state index contributed by atoms with van der Waals surface area (Å²) >= 11 is 0. The Hall–Kier alpha value is -2.12. The molecule has 0 saturated heterocycles. The van der Waals surface area contributed by atoms with Gasteiger partial charge in [0.15, 0.2) is 0 Å².